The summed E-state index contributed by atoms with van der Waals surface area (Å²) < 4.78 is 3.53. The van der Waals surface area contributed by atoms with Gasteiger partial charge in [-0.2, -0.15) is 14.8 Å². The average Bonchev–Trinajstić information content (AvgIpc) is 3.69. The van der Waals surface area contributed by atoms with Crippen molar-refractivity contribution in [3.05, 3.63) is 63.7 Å². The Balaban J connectivity index is 1.06. The highest BCUT2D eigenvalue weighted by Crippen LogP contribution is 2.25. The fraction of sp³-hybridized carbons (Fsp3) is 0.385. The van der Waals surface area contributed by atoms with E-state index in [-0.39, 0.29) is 5.91 Å². The summed E-state index contributed by atoms with van der Waals surface area (Å²) in [5.74, 6) is 2.09. The van der Waals surface area contributed by atoms with Crippen molar-refractivity contribution in [1.29, 1.82) is 0 Å². The van der Waals surface area contributed by atoms with Crippen molar-refractivity contribution < 1.29 is 4.79 Å². The largest absolute Gasteiger partial charge is 0.340 e. The van der Waals surface area contributed by atoms with Gasteiger partial charge >= 0.3 is 0 Å². The first-order valence-electron chi connectivity index (χ1n) is 13.1. The van der Waals surface area contributed by atoms with E-state index in [9.17, 15) is 4.79 Å². The van der Waals surface area contributed by atoms with E-state index in [2.05, 4.69) is 40.8 Å². The molecule has 1 amide bonds. The topological polar surface area (TPSA) is 139 Å². The van der Waals surface area contributed by atoms with Crippen molar-refractivity contribution in [1.82, 2.24) is 60.0 Å². The second kappa shape index (κ2) is 10.7. The first-order valence-corrected chi connectivity index (χ1v) is 13.5. The van der Waals surface area contributed by atoms with Gasteiger partial charge in [0.1, 0.15) is 0 Å². The zero-order valence-electron chi connectivity index (χ0n) is 22.5. The van der Waals surface area contributed by atoms with Crippen molar-refractivity contribution >= 4 is 23.2 Å². The lowest BCUT2D eigenvalue weighted by Gasteiger charge is -2.35. The Hall–Kier alpha value is -4.23. The van der Waals surface area contributed by atoms with Crippen molar-refractivity contribution in [2.75, 3.05) is 26.2 Å². The Morgan fingerprint density at radius 1 is 1.00 bits per heavy atom. The van der Waals surface area contributed by atoms with Crippen LogP contribution in [0.15, 0.2) is 30.3 Å². The SMILES string of the molecule is Cc1nn(-c2ccc3nnc(C)n3n2)c(C)c1CCC(=O)N1CCN(Cc2cc(-c3nn[nH]n3)ccc2Cl)CC1. The number of carbonyl (C=O) groups excluding carboxylic acids is 1. The third kappa shape index (κ3) is 5.05. The number of rotatable bonds is 7. The van der Waals surface area contributed by atoms with Gasteiger partial charge in [0.05, 0.1) is 5.69 Å². The number of aromatic amines is 1. The third-order valence-electron chi connectivity index (χ3n) is 7.42. The lowest BCUT2D eigenvalue weighted by Crippen LogP contribution is -2.48. The van der Waals surface area contributed by atoms with Crippen LogP contribution in [0.5, 0.6) is 0 Å². The molecule has 6 rings (SSSR count). The summed E-state index contributed by atoms with van der Waals surface area (Å²) in [6, 6.07) is 9.50. The minimum Gasteiger partial charge on any atom is -0.340 e. The van der Waals surface area contributed by atoms with Crippen LogP contribution in [0.3, 0.4) is 0 Å². The normalized spacial score (nSPS) is 14.3. The van der Waals surface area contributed by atoms with Gasteiger partial charge < -0.3 is 4.90 Å². The molecule has 1 aliphatic rings. The van der Waals surface area contributed by atoms with Crippen LogP contribution in [0.1, 0.15) is 34.8 Å². The molecule has 5 heterocycles. The predicted molar refractivity (Wildman–Crippen MR) is 147 cm³/mol. The first kappa shape index (κ1) is 26.0. The molecule has 5 aromatic rings. The van der Waals surface area contributed by atoms with E-state index in [1.54, 1.807) is 4.52 Å². The Kier molecular flexibility index (Phi) is 6.98. The number of halogens is 1. The van der Waals surface area contributed by atoms with Crippen LogP contribution in [-0.2, 0) is 17.8 Å². The minimum atomic E-state index is 0.156. The number of hydrogen-bond acceptors (Lipinski definition) is 9. The molecule has 40 heavy (non-hydrogen) atoms. The van der Waals surface area contributed by atoms with Gasteiger partial charge in [0, 0.05) is 55.4 Å². The van der Waals surface area contributed by atoms with Gasteiger partial charge in [-0.1, -0.05) is 11.6 Å². The van der Waals surface area contributed by atoms with Gasteiger partial charge in [0.15, 0.2) is 17.3 Å². The molecule has 13 nitrogen and oxygen atoms in total. The number of amides is 1. The molecule has 1 aromatic carbocycles. The molecule has 1 fully saturated rings. The van der Waals surface area contributed by atoms with E-state index < -0.39 is 0 Å². The summed E-state index contributed by atoms with van der Waals surface area (Å²) in [6.45, 7) is 9.47. The zero-order chi connectivity index (χ0) is 27.8. The van der Waals surface area contributed by atoms with Gasteiger partial charge in [0.25, 0.3) is 0 Å². The van der Waals surface area contributed by atoms with Crippen molar-refractivity contribution in [3.63, 3.8) is 0 Å². The summed E-state index contributed by atoms with van der Waals surface area (Å²) in [5.41, 5.74) is 5.51. The lowest BCUT2D eigenvalue weighted by atomic mass is 10.1. The van der Waals surface area contributed by atoms with Gasteiger partial charge in [-0.05, 0) is 73.9 Å². The number of hydrogen-bond donors (Lipinski definition) is 1. The van der Waals surface area contributed by atoms with Crippen LogP contribution < -0.4 is 0 Å². The van der Waals surface area contributed by atoms with Crippen LogP contribution in [0.25, 0.3) is 22.9 Å². The van der Waals surface area contributed by atoms with E-state index in [0.29, 0.717) is 60.6 Å². The highest BCUT2D eigenvalue weighted by atomic mass is 35.5. The maximum Gasteiger partial charge on any atom is 0.222 e. The molecule has 1 N–H and O–H groups in total. The molecule has 206 valence electrons. The molecule has 1 aliphatic heterocycles. The number of carbonyl (C=O) groups is 1. The Morgan fingerprint density at radius 3 is 2.60 bits per heavy atom. The van der Waals surface area contributed by atoms with Crippen LogP contribution in [0, 0.1) is 20.8 Å². The van der Waals surface area contributed by atoms with Gasteiger partial charge in [-0.3, -0.25) is 9.69 Å². The highest BCUT2D eigenvalue weighted by Gasteiger charge is 2.23. The number of aromatic nitrogens is 10. The second-order valence-corrected chi connectivity index (χ2v) is 10.4. The molecule has 0 atom stereocenters. The summed E-state index contributed by atoms with van der Waals surface area (Å²) in [6.07, 6.45) is 1.06. The number of fused-ring (bicyclic) bond motifs is 1. The minimum absolute atomic E-state index is 0.156. The molecule has 1 saturated heterocycles. The van der Waals surface area contributed by atoms with Crippen LogP contribution in [-0.4, -0.2) is 92.1 Å². The van der Waals surface area contributed by atoms with Gasteiger partial charge in [-0.25, -0.2) is 4.68 Å². The number of aryl methyl sites for hydroxylation is 2. The maximum absolute atomic E-state index is 13.1. The van der Waals surface area contributed by atoms with Crippen molar-refractivity contribution in [3.8, 4) is 17.2 Å². The number of benzene rings is 1. The number of piperazine rings is 1. The molecule has 0 bridgehead atoms. The Labute approximate surface area is 235 Å². The summed E-state index contributed by atoms with van der Waals surface area (Å²) in [5, 5.41) is 32.4. The standard InChI is InChI=1S/C26H29ClN12O/c1-16-21(17(2)38(32-16)24-8-7-23-29-28-18(3)39(23)33-24)5-9-25(40)37-12-10-36(11-13-37)15-20-14-19(4-6-22(20)27)26-30-34-35-31-26/h4,6-8,14H,5,9-13,15H2,1-3H3,(H,30,31,34,35). The van der Waals surface area contributed by atoms with E-state index >= 15 is 0 Å². The fourth-order valence-electron chi connectivity index (χ4n) is 5.16. The smallest absolute Gasteiger partial charge is 0.222 e. The average molecular weight is 561 g/mol. The fourth-order valence-corrected chi connectivity index (χ4v) is 5.34. The predicted octanol–water partition coefficient (Wildman–Crippen LogP) is 2.35. The Bertz CT molecular complexity index is 1670. The van der Waals surface area contributed by atoms with Crippen LogP contribution in [0.4, 0.5) is 0 Å². The first-order chi connectivity index (χ1) is 19.4. The van der Waals surface area contributed by atoms with Crippen LogP contribution >= 0.6 is 11.6 Å². The summed E-state index contributed by atoms with van der Waals surface area (Å²) in [4.78, 5) is 17.4. The number of tetrazole rings is 1. The van der Waals surface area contributed by atoms with Gasteiger partial charge in [0.2, 0.25) is 11.7 Å². The molecule has 0 radical (unpaired) electrons. The molecule has 0 aliphatic carbocycles. The number of nitrogens with one attached hydrogen (secondary N) is 1. The maximum atomic E-state index is 13.1. The number of nitrogens with zero attached hydrogens (tertiary/aromatic N) is 11. The Morgan fingerprint density at radius 2 is 1.82 bits per heavy atom. The molecule has 0 unspecified atom stereocenters. The summed E-state index contributed by atoms with van der Waals surface area (Å²) in [7, 11) is 0. The zero-order valence-corrected chi connectivity index (χ0v) is 23.3. The van der Waals surface area contributed by atoms with E-state index in [1.165, 1.54) is 0 Å². The molecule has 14 heteroatoms. The lowest BCUT2D eigenvalue weighted by molar-refractivity contribution is -0.133. The van der Waals surface area contributed by atoms with E-state index in [4.69, 9.17) is 16.7 Å². The van der Waals surface area contributed by atoms with Crippen molar-refractivity contribution in [2.24, 2.45) is 0 Å². The molecule has 0 spiro atoms. The summed E-state index contributed by atoms with van der Waals surface area (Å²) >= 11 is 6.48. The third-order valence-corrected chi connectivity index (χ3v) is 7.79. The number of H-pyrrole nitrogens is 1. The van der Waals surface area contributed by atoms with Crippen LogP contribution in [0.2, 0.25) is 5.02 Å². The second-order valence-electron chi connectivity index (χ2n) is 9.97. The molecular weight excluding hydrogens is 532 g/mol. The van der Waals surface area contributed by atoms with Gasteiger partial charge in [-0.15, -0.1) is 25.5 Å². The quantitative estimate of drug-likeness (QED) is 0.317. The monoisotopic (exact) mass is 560 g/mol. The molecule has 4 aromatic heterocycles. The molecule has 0 saturated carbocycles. The highest BCUT2D eigenvalue weighted by molar-refractivity contribution is 6.31. The molecular formula is C26H29ClN12O. The van der Waals surface area contributed by atoms with E-state index in [1.807, 2.05) is 60.7 Å². The van der Waals surface area contributed by atoms with E-state index in [0.717, 1.165) is 41.2 Å². The van der Waals surface area contributed by atoms with Crippen molar-refractivity contribution in [2.45, 2.75) is 40.2 Å².